The molecule has 1 unspecified atom stereocenters. The van der Waals surface area contributed by atoms with Gasteiger partial charge in [0.2, 0.25) is 0 Å². The van der Waals surface area contributed by atoms with E-state index in [9.17, 15) is 4.79 Å². The van der Waals surface area contributed by atoms with Gasteiger partial charge in [0.15, 0.2) is 6.10 Å². The fraction of sp³-hybridized carbons (Fsp3) is 0.500. The average Bonchev–Trinajstić information content (AvgIpc) is 2.28. The molecule has 0 fully saturated rings. The largest absolute Gasteiger partial charge is 0.479 e. The van der Waals surface area contributed by atoms with Crippen molar-refractivity contribution >= 4 is 21.9 Å². The molecular formula is C14H20BrNO3. The van der Waals surface area contributed by atoms with Crippen molar-refractivity contribution in [1.82, 2.24) is 5.32 Å². The number of rotatable bonds is 5. The fourth-order valence-electron chi connectivity index (χ4n) is 1.41. The van der Waals surface area contributed by atoms with Gasteiger partial charge in [0.05, 0.1) is 4.47 Å². The molecule has 106 valence electrons. The van der Waals surface area contributed by atoms with Crippen LogP contribution < -0.4 is 10.1 Å². The highest BCUT2D eigenvalue weighted by Gasteiger charge is 2.18. The van der Waals surface area contributed by atoms with Crippen molar-refractivity contribution in [2.45, 2.75) is 45.9 Å². The molecule has 5 heteroatoms. The smallest absolute Gasteiger partial charge is 0.344 e. The van der Waals surface area contributed by atoms with E-state index in [1.807, 2.05) is 18.2 Å². The van der Waals surface area contributed by atoms with Crippen LogP contribution in [-0.4, -0.2) is 22.7 Å². The Morgan fingerprint density at radius 2 is 2.11 bits per heavy atom. The number of para-hydroxylation sites is 1. The van der Waals surface area contributed by atoms with E-state index < -0.39 is 12.1 Å². The van der Waals surface area contributed by atoms with E-state index >= 15 is 0 Å². The third-order valence-corrected chi connectivity index (χ3v) is 3.12. The zero-order valence-corrected chi connectivity index (χ0v) is 13.2. The standard InChI is InChI=1S/C14H20BrNO3/c1-9(13(17)18)19-12-10(6-5-7-11(12)15)8-16-14(2,3)4/h5-7,9,16H,8H2,1-4H3,(H,17,18). The molecular weight excluding hydrogens is 310 g/mol. The van der Waals surface area contributed by atoms with E-state index in [2.05, 4.69) is 42.0 Å². The van der Waals surface area contributed by atoms with Gasteiger partial charge in [-0.25, -0.2) is 4.79 Å². The highest BCUT2D eigenvalue weighted by molar-refractivity contribution is 9.10. The minimum atomic E-state index is -0.981. The summed E-state index contributed by atoms with van der Waals surface area (Å²) in [5, 5.41) is 12.3. The second kappa shape index (κ2) is 6.39. The number of hydrogen-bond acceptors (Lipinski definition) is 3. The SMILES string of the molecule is CC(Oc1c(Br)cccc1CNC(C)(C)C)C(=O)O. The van der Waals surface area contributed by atoms with Crippen molar-refractivity contribution in [3.05, 3.63) is 28.2 Å². The molecule has 2 N–H and O–H groups in total. The maximum atomic E-state index is 10.9. The van der Waals surface area contributed by atoms with Gasteiger partial charge in [-0.2, -0.15) is 0 Å². The Bertz CT molecular complexity index is 454. The van der Waals surface area contributed by atoms with Crippen LogP contribution in [-0.2, 0) is 11.3 Å². The van der Waals surface area contributed by atoms with Crippen LogP contribution in [0, 0.1) is 0 Å². The topological polar surface area (TPSA) is 58.6 Å². The van der Waals surface area contributed by atoms with Gasteiger partial charge < -0.3 is 15.2 Å². The van der Waals surface area contributed by atoms with Crippen LogP contribution in [0.25, 0.3) is 0 Å². The van der Waals surface area contributed by atoms with Gasteiger partial charge in [-0.1, -0.05) is 12.1 Å². The Hall–Kier alpha value is -1.07. The summed E-state index contributed by atoms with van der Waals surface area (Å²) in [5.74, 6) is -0.403. The van der Waals surface area contributed by atoms with Crippen LogP contribution in [0.3, 0.4) is 0 Å². The lowest BCUT2D eigenvalue weighted by Gasteiger charge is -2.22. The first-order valence-electron chi connectivity index (χ1n) is 6.12. The summed E-state index contributed by atoms with van der Waals surface area (Å²) in [4.78, 5) is 10.9. The van der Waals surface area contributed by atoms with E-state index in [1.54, 1.807) is 0 Å². The first-order chi connectivity index (χ1) is 8.70. The van der Waals surface area contributed by atoms with Crippen molar-refractivity contribution in [1.29, 1.82) is 0 Å². The average molecular weight is 330 g/mol. The summed E-state index contributed by atoms with van der Waals surface area (Å²) < 4.78 is 6.27. The third-order valence-electron chi connectivity index (χ3n) is 2.50. The highest BCUT2D eigenvalue weighted by Crippen LogP contribution is 2.30. The van der Waals surface area contributed by atoms with Gasteiger partial charge in [0, 0.05) is 17.6 Å². The van der Waals surface area contributed by atoms with Gasteiger partial charge in [-0.05, 0) is 49.7 Å². The van der Waals surface area contributed by atoms with Crippen molar-refractivity contribution in [3.8, 4) is 5.75 Å². The molecule has 19 heavy (non-hydrogen) atoms. The quantitative estimate of drug-likeness (QED) is 0.870. The molecule has 0 bridgehead atoms. The number of hydrogen-bond donors (Lipinski definition) is 2. The highest BCUT2D eigenvalue weighted by atomic mass is 79.9. The summed E-state index contributed by atoms with van der Waals surface area (Å²) in [6.45, 7) is 8.36. The van der Waals surface area contributed by atoms with Gasteiger partial charge in [-0.3, -0.25) is 0 Å². The first kappa shape index (κ1) is 16.0. The fourth-order valence-corrected chi connectivity index (χ4v) is 1.91. The summed E-state index contributed by atoms with van der Waals surface area (Å²) in [5.41, 5.74) is 0.912. The monoisotopic (exact) mass is 329 g/mol. The summed E-state index contributed by atoms with van der Waals surface area (Å²) >= 11 is 3.40. The number of carboxylic acids is 1. The molecule has 0 aromatic heterocycles. The summed E-state index contributed by atoms with van der Waals surface area (Å²) in [7, 11) is 0. The molecule has 0 spiro atoms. The molecule has 0 heterocycles. The number of nitrogens with one attached hydrogen (secondary N) is 1. The summed E-state index contributed by atoms with van der Waals surface area (Å²) in [6.07, 6.45) is -0.882. The van der Waals surface area contributed by atoms with E-state index in [0.29, 0.717) is 12.3 Å². The van der Waals surface area contributed by atoms with Gasteiger partial charge in [0.1, 0.15) is 5.75 Å². The van der Waals surface area contributed by atoms with Crippen molar-refractivity contribution < 1.29 is 14.6 Å². The first-order valence-corrected chi connectivity index (χ1v) is 6.92. The van der Waals surface area contributed by atoms with E-state index in [1.165, 1.54) is 6.92 Å². The predicted octanol–water partition coefficient (Wildman–Crippen LogP) is 3.19. The number of ether oxygens (including phenoxy) is 1. The van der Waals surface area contributed by atoms with Crippen LogP contribution in [0.15, 0.2) is 22.7 Å². The van der Waals surface area contributed by atoms with E-state index in [4.69, 9.17) is 9.84 Å². The number of benzene rings is 1. The molecule has 0 saturated carbocycles. The Morgan fingerprint density at radius 1 is 1.47 bits per heavy atom. The Kier molecular flexibility index (Phi) is 5.38. The Labute approximate surface area is 122 Å². The van der Waals surface area contributed by atoms with E-state index in [-0.39, 0.29) is 5.54 Å². The lowest BCUT2D eigenvalue weighted by Crippen LogP contribution is -2.35. The predicted molar refractivity (Wildman–Crippen MR) is 78.5 cm³/mol. The van der Waals surface area contributed by atoms with Crippen LogP contribution in [0.5, 0.6) is 5.75 Å². The molecule has 0 amide bonds. The Balaban J connectivity index is 2.92. The van der Waals surface area contributed by atoms with Crippen LogP contribution in [0.1, 0.15) is 33.3 Å². The number of halogens is 1. The molecule has 1 aromatic carbocycles. The normalized spacial score (nSPS) is 13.1. The van der Waals surface area contributed by atoms with Crippen molar-refractivity contribution in [3.63, 3.8) is 0 Å². The Morgan fingerprint density at radius 3 is 2.63 bits per heavy atom. The maximum absolute atomic E-state index is 10.9. The van der Waals surface area contributed by atoms with Gasteiger partial charge in [0.25, 0.3) is 0 Å². The molecule has 0 aliphatic carbocycles. The molecule has 1 rings (SSSR count). The maximum Gasteiger partial charge on any atom is 0.344 e. The van der Waals surface area contributed by atoms with E-state index in [0.717, 1.165) is 10.0 Å². The second-order valence-electron chi connectivity index (χ2n) is 5.43. The van der Waals surface area contributed by atoms with Gasteiger partial charge >= 0.3 is 5.97 Å². The van der Waals surface area contributed by atoms with Crippen molar-refractivity contribution in [2.75, 3.05) is 0 Å². The zero-order valence-electron chi connectivity index (χ0n) is 11.7. The minimum Gasteiger partial charge on any atom is -0.479 e. The van der Waals surface area contributed by atoms with Crippen molar-refractivity contribution in [2.24, 2.45) is 0 Å². The summed E-state index contributed by atoms with van der Waals surface area (Å²) in [6, 6.07) is 5.67. The zero-order chi connectivity index (χ0) is 14.6. The lowest BCUT2D eigenvalue weighted by atomic mass is 10.1. The van der Waals surface area contributed by atoms with Crippen LogP contribution in [0.4, 0.5) is 0 Å². The molecule has 0 saturated heterocycles. The molecule has 0 aliphatic heterocycles. The number of carboxylic acid groups (broad SMARTS) is 1. The minimum absolute atomic E-state index is 0.0159. The molecule has 0 radical (unpaired) electrons. The number of aliphatic carboxylic acids is 1. The van der Waals surface area contributed by atoms with Gasteiger partial charge in [-0.15, -0.1) is 0 Å². The molecule has 1 aromatic rings. The molecule has 0 aliphatic rings. The number of carbonyl (C=O) groups is 1. The van der Waals surface area contributed by atoms with Crippen LogP contribution >= 0.6 is 15.9 Å². The lowest BCUT2D eigenvalue weighted by molar-refractivity contribution is -0.144. The third kappa shape index (κ3) is 5.20. The molecule has 4 nitrogen and oxygen atoms in total. The molecule has 1 atom stereocenters. The van der Waals surface area contributed by atoms with Crippen LogP contribution in [0.2, 0.25) is 0 Å². The second-order valence-corrected chi connectivity index (χ2v) is 6.28.